The van der Waals surface area contributed by atoms with E-state index in [0.717, 1.165) is 10.6 Å². The van der Waals surface area contributed by atoms with E-state index in [1.54, 1.807) is 30.3 Å². The van der Waals surface area contributed by atoms with E-state index in [9.17, 15) is 22.4 Å². The van der Waals surface area contributed by atoms with E-state index < -0.39 is 27.4 Å². The van der Waals surface area contributed by atoms with E-state index in [4.69, 9.17) is 11.6 Å². The summed E-state index contributed by atoms with van der Waals surface area (Å²) in [5.74, 6) is -1.28. The number of anilines is 1. The number of nitrogens with zero attached hydrogens (tertiary/aromatic N) is 2. The zero-order valence-corrected chi connectivity index (χ0v) is 23.0. The summed E-state index contributed by atoms with van der Waals surface area (Å²) in [6.07, 6.45) is 1.47. The molecular formula is C26H35ClFN3O4S. The van der Waals surface area contributed by atoms with Gasteiger partial charge in [0.2, 0.25) is 21.8 Å². The van der Waals surface area contributed by atoms with Crippen LogP contribution in [-0.4, -0.2) is 49.5 Å². The number of sulfonamides is 1. The van der Waals surface area contributed by atoms with Gasteiger partial charge < -0.3 is 10.2 Å². The summed E-state index contributed by atoms with van der Waals surface area (Å²) >= 11 is 6.34. The summed E-state index contributed by atoms with van der Waals surface area (Å²) in [6, 6.07) is 11.9. The van der Waals surface area contributed by atoms with Gasteiger partial charge in [0.15, 0.2) is 0 Å². The zero-order chi connectivity index (χ0) is 27.1. The minimum Gasteiger partial charge on any atom is -0.350 e. The van der Waals surface area contributed by atoms with Gasteiger partial charge in [0.05, 0.1) is 11.9 Å². The molecule has 0 aliphatic rings. The van der Waals surface area contributed by atoms with Gasteiger partial charge in [-0.05, 0) is 57.4 Å². The molecule has 0 fully saturated rings. The minimum absolute atomic E-state index is 0.0375. The number of halogens is 2. The topological polar surface area (TPSA) is 86.8 Å². The van der Waals surface area contributed by atoms with E-state index in [0.29, 0.717) is 17.0 Å². The Morgan fingerprint density at radius 1 is 1.08 bits per heavy atom. The maximum absolute atomic E-state index is 14.3. The van der Waals surface area contributed by atoms with Crippen LogP contribution in [0.25, 0.3) is 0 Å². The maximum atomic E-state index is 14.3. The zero-order valence-electron chi connectivity index (χ0n) is 21.4. The third-order valence-corrected chi connectivity index (χ3v) is 7.00. The van der Waals surface area contributed by atoms with Crippen LogP contribution >= 0.6 is 11.6 Å². The Kier molecular flexibility index (Phi) is 10.3. The maximum Gasteiger partial charge on any atom is 0.243 e. The lowest BCUT2D eigenvalue weighted by atomic mass is 10.0. The molecule has 0 aliphatic heterocycles. The SMILES string of the molecule is CC[C@@H](C(=O)NC(C)(C)C)N(Cc1ccccc1Cl)C(=O)CCCN(c1ccccc1F)S(C)(=O)=O. The van der Waals surface area contributed by atoms with Gasteiger partial charge in [0.25, 0.3) is 0 Å². The molecule has 198 valence electrons. The van der Waals surface area contributed by atoms with Crippen molar-refractivity contribution in [3.8, 4) is 0 Å². The predicted octanol–water partition coefficient (Wildman–Crippen LogP) is 4.75. The van der Waals surface area contributed by atoms with Crippen LogP contribution in [0.4, 0.5) is 10.1 Å². The summed E-state index contributed by atoms with van der Waals surface area (Å²) in [6.45, 7) is 7.44. The standard InChI is InChI=1S/C26H35ClFN3O4S/c1-6-22(25(33)29-26(2,3)4)30(18-19-12-7-8-13-20(19)27)24(32)16-11-17-31(36(5,34)35)23-15-10-9-14-21(23)28/h7-10,12-15,22H,6,11,16-18H2,1-5H3,(H,29,33)/t22-/m0/s1. The second-order valence-electron chi connectivity index (χ2n) is 9.67. The Bertz CT molecular complexity index is 1170. The molecule has 7 nitrogen and oxygen atoms in total. The van der Waals surface area contributed by atoms with Gasteiger partial charge in [0, 0.05) is 30.1 Å². The molecule has 0 aromatic heterocycles. The van der Waals surface area contributed by atoms with Crippen molar-refractivity contribution >= 4 is 39.1 Å². The number of carbonyl (C=O) groups excluding carboxylic acids is 2. The van der Waals surface area contributed by atoms with Gasteiger partial charge in [0.1, 0.15) is 11.9 Å². The quantitative estimate of drug-likeness (QED) is 0.446. The van der Waals surface area contributed by atoms with Crippen LogP contribution in [-0.2, 0) is 26.2 Å². The first-order valence-electron chi connectivity index (χ1n) is 11.8. The van der Waals surface area contributed by atoms with Crippen LogP contribution in [0.2, 0.25) is 5.02 Å². The molecule has 10 heteroatoms. The summed E-state index contributed by atoms with van der Waals surface area (Å²) in [7, 11) is -3.78. The second kappa shape index (κ2) is 12.5. The fraction of sp³-hybridized carbons (Fsp3) is 0.462. The number of nitrogens with one attached hydrogen (secondary N) is 1. The number of carbonyl (C=O) groups is 2. The molecule has 0 saturated carbocycles. The van der Waals surface area contributed by atoms with Crippen molar-refractivity contribution in [3.63, 3.8) is 0 Å². The van der Waals surface area contributed by atoms with Crippen LogP contribution < -0.4 is 9.62 Å². The normalized spacial score (nSPS) is 12.6. The van der Waals surface area contributed by atoms with E-state index in [1.165, 1.54) is 23.1 Å². The number of para-hydroxylation sites is 1. The van der Waals surface area contributed by atoms with Crippen molar-refractivity contribution in [1.82, 2.24) is 10.2 Å². The fourth-order valence-corrected chi connectivity index (χ4v) is 4.98. The Morgan fingerprint density at radius 3 is 2.25 bits per heavy atom. The van der Waals surface area contributed by atoms with Gasteiger partial charge in [-0.3, -0.25) is 13.9 Å². The van der Waals surface area contributed by atoms with Crippen LogP contribution in [0, 0.1) is 5.82 Å². The molecule has 2 aromatic carbocycles. The molecule has 1 atom stereocenters. The summed E-state index contributed by atoms with van der Waals surface area (Å²) in [4.78, 5) is 28.0. The van der Waals surface area contributed by atoms with Gasteiger partial charge in [-0.25, -0.2) is 12.8 Å². The van der Waals surface area contributed by atoms with Crippen molar-refractivity contribution in [2.24, 2.45) is 0 Å². The Balaban J connectivity index is 2.26. The number of hydrogen-bond acceptors (Lipinski definition) is 4. The van der Waals surface area contributed by atoms with Crippen molar-refractivity contribution in [2.45, 2.75) is 65.1 Å². The molecule has 0 aliphatic carbocycles. The van der Waals surface area contributed by atoms with Crippen molar-refractivity contribution in [2.75, 3.05) is 17.1 Å². The van der Waals surface area contributed by atoms with Crippen molar-refractivity contribution < 1.29 is 22.4 Å². The molecule has 36 heavy (non-hydrogen) atoms. The molecule has 0 heterocycles. The first-order valence-corrected chi connectivity index (χ1v) is 14.0. The molecular weight excluding hydrogens is 505 g/mol. The molecule has 0 bridgehead atoms. The number of amides is 2. The van der Waals surface area contributed by atoms with Crippen LogP contribution in [0.5, 0.6) is 0 Å². The van der Waals surface area contributed by atoms with Crippen molar-refractivity contribution in [1.29, 1.82) is 0 Å². The lowest BCUT2D eigenvalue weighted by molar-refractivity contribution is -0.142. The number of rotatable bonds is 11. The van der Waals surface area contributed by atoms with Gasteiger partial charge in [-0.2, -0.15) is 0 Å². The smallest absolute Gasteiger partial charge is 0.243 e. The average Bonchev–Trinajstić information content (AvgIpc) is 2.76. The highest BCUT2D eigenvalue weighted by atomic mass is 35.5. The lowest BCUT2D eigenvalue weighted by Gasteiger charge is -2.33. The molecule has 2 rings (SSSR count). The van der Waals surface area contributed by atoms with Gasteiger partial charge >= 0.3 is 0 Å². The van der Waals surface area contributed by atoms with Gasteiger partial charge in [-0.15, -0.1) is 0 Å². The highest BCUT2D eigenvalue weighted by Crippen LogP contribution is 2.24. The average molecular weight is 540 g/mol. The summed E-state index contributed by atoms with van der Waals surface area (Å²) < 4.78 is 39.9. The number of hydrogen-bond donors (Lipinski definition) is 1. The molecule has 0 radical (unpaired) electrons. The molecule has 2 aromatic rings. The molecule has 1 N–H and O–H groups in total. The molecule has 2 amide bonds. The third kappa shape index (κ3) is 8.48. The van der Waals surface area contributed by atoms with E-state index in [1.807, 2.05) is 27.7 Å². The lowest BCUT2D eigenvalue weighted by Crippen LogP contribution is -2.53. The summed E-state index contributed by atoms with van der Waals surface area (Å²) in [5.41, 5.74) is 0.134. The van der Waals surface area contributed by atoms with Crippen LogP contribution in [0.15, 0.2) is 48.5 Å². The highest BCUT2D eigenvalue weighted by Gasteiger charge is 2.31. The third-order valence-electron chi connectivity index (χ3n) is 5.46. The first-order chi connectivity index (χ1) is 16.7. The predicted molar refractivity (Wildman–Crippen MR) is 142 cm³/mol. The minimum atomic E-state index is -3.78. The fourth-order valence-electron chi connectivity index (χ4n) is 3.82. The largest absolute Gasteiger partial charge is 0.350 e. The molecule has 0 unspecified atom stereocenters. The van der Waals surface area contributed by atoms with E-state index >= 15 is 0 Å². The number of benzene rings is 2. The van der Waals surface area contributed by atoms with Crippen LogP contribution in [0.3, 0.4) is 0 Å². The summed E-state index contributed by atoms with van der Waals surface area (Å²) in [5, 5.41) is 3.41. The van der Waals surface area contributed by atoms with Crippen molar-refractivity contribution in [3.05, 3.63) is 64.9 Å². The molecule has 0 spiro atoms. The monoisotopic (exact) mass is 539 g/mol. The molecule has 0 saturated heterocycles. The Labute approximate surface area is 218 Å². The van der Waals surface area contributed by atoms with Gasteiger partial charge in [-0.1, -0.05) is 48.9 Å². The second-order valence-corrected chi connectivity index (χ2v) is 12.0. The van der Waals surface area contributed by atoms with E-state index in [2.05, 4.69) is 5.32 Å². The Hall–Kier alpha value is -2.65. The van der Waals surface area contributed by atoms with E-state index in [-0.39, 0.29) is 43.4 Å². The van der Waals surface area contributed by atoms with Crippen LogP contribution in [0.1, 0.15) is 52.5 Å². The highest BCUT2D eigenvalue weighted by molar-refractivity contribution is 7.92. The first kappa shape index (κ1) is 29.6. The Morgan fingerprint density at radius 2 is 1.69 bits per heavy atom.